The number of aromatic nitrogens is 1. The molecule has 0 bridgehead atoms. The lowest BCUT2D eigenvalue weighted by molar-refractivity contribution is 0.0592. The van der Waals surface area contributed by atoms with Crippen molar-refractivity contribution in [3.63, 3.8) is 0 Å². The second kappa shape index (κ2) is 4.85. The molecule has 0 aliphatic carbocycles. The minimum Gasteiger partial charge on any atom is -0.464 e. The van der Waals surface area contributed by atoms with Gasteiger partial charge in [-0.1, -0.05) is 11.6 Å². The molecule has 82 valence electrons. The number of pyridine rings is 1. The van der Waals surface area contributed by atoms with E-state index in [9.17, 15) is 13.6 Å². The summed E-state index contributed by atoms with van der Waals surface area (Å²) in [4.78, 5) is 14.7. The van der Waals surface area contributed by atoms with Crippen molar-refractivity contribution in [1.82, 2.24) is 4.98 Å². The Morgan fingerprint density at radius 1 is 1.67 bits per heavy atom. The summed E-state index contributed by atoms with van der Waals surface area (Å²) < 4.78 is 29.1. The highest BCUT2D eigenvalue weighted by molar-refractivity contribution is 9.10. The van der Waals surface area contributed by atoms with Gasteiger partial charge in [-0.25, -0.2) is 18.6 Å². The van der Waals surface area contributed by atoms with Crippen LogP contribution in [0.25, 0.3) is 0 Å². The van der Waals surface area contributed by atoms with Crippen molar-refractivity contribution in [1.29, 1.82) is 0 Å². The van der Waals surface area contributed by atoms with E-state index in [1.807, 2.05) is 0 Å². The zero-order valence-corrected chi connectivity index (χ0v) is 9.77. The van der Waals surface area contributed by atoms with Crippen molar-refractivity contribution in [3.8, 4) is 0 Å². The predicted octanol–water partition coefficient (Wildman–Crippen LogP) is 3.22. The number of carbonyl (C=O) groups is 1. The lowest BCUT2D eigenvalue weighted by Gasteiger charge is -2.07. The fraction of sp³-hybridized carbons (Fsp3) is 0.250. The molecular weight excluding hydrogens is 295 g/mol. The highest BCUT2D eigenvalue weighted by Gasteiger charge is 2.21. The summed E-state index contributed by atoms with van der Waals surface area (Å²) >= 11 is 8.53. The molecule has 0 aliphatic heterocycles. The Balaban J connectivity index is 3.27. The number of hydrogen-bond acceptors (Lipinski definition) is 3. The van der Waals surface area contributed by atoms with Crippen LogP contribution in [0.3, 0.4) is 0 Å². The van der Waals surface area contributed by atoms with Crippen LogP contribution in [0.2, 0.25) is 5.02 Å². The van der Waals surface area contributed by atoms with E-state index in [0.717, 1.165) is 13.3 Å². The van der Waals surface area contributed by atoms with E-state index >= 15 is 0 Å². The molecule has 3 nitrogen and oxygen atoms in total. The number of nitrogens with zero attached hydrogens (tertiary/aromatic N) is 1. The maximum absolute atomic E-state index is 12.4. The van der Waals surface area contributed by atoms with Gasteiger partial charge in [0, 0.05) is 6.20 Å². The van der Waals surface area contributed by atoms with Gasteiger partial charge in [0.05, 0.1) is 22.2 Å². The first kappa shape index (κ1) is 12.3. The summed E-state index contributed by atoms with van der Waals surface area (Å²) in [7, 11) is 1.16. The molecule has 0 spiro atoms. The molecule has 0 N–H and O–H groups in total. The minimum absolute atomic E-state index is 0.00816. The lowest BCUT2D eigenvalue weighted by atomic mass is 10.2. The Labute approximate surface area is 97.5 Å². The van der Waals surface area contributed by atoms with Gasteiger partial charge in [-0.15, -0.1) is 0 Å². The van der Waals surface area contributed by atoms with Crippen molar-refractivity contribution in [2.24, 2.45) is 0 Å². The van der Waals surface area contributed by atoms with E-state index in [1.165, 1.54) is 0 Å². The van der Waals surface area contributed by atoms with Gasteiger partial charge in [0.1, 0.15) is 0 Å². The molecule has 0 unspecified atom stereocenters. The smallest absolute Gasteiger partial charge is 0.357 e. The van der Waals surface area contributed by atoms with E-state index < -0.39 is 18.0 Å². The summed E-state index contributed by atoms with van der Waals surface area (Å²) in [6.45, 7) is 0. The molecule has 1 rings (SSSR count). The number of methoxy groups -OCH3 is 1. The fourth-order valence-electron chi connectivity index (χ4n) is 0.869. The highest BCUT2D eigenvalue weighted by Crippen LogP contribution is 2.33. The zero-order valence-electron chi connectivity index (χ0n) is 7.43. The Kier molecular flexibility index (Phi) is 3.98. The molecule has 0 radical (unpaired) electrons. The summed E-state index contributed by atoms with van der Waals surface area (Å²) in [5.74, 6) is -0.746. The molecule has 0 aromatic carbocycles. The Morgan fingerprint density at radius 3 is 2.73 bits per heavy atom. The van der Waals surface area contributed by atoms with Gasteiger partial charge >= 0.3 is 5.97 Å². The second-order valence-corrected chi connectivity index (χ2v) is 3.65. The van der Waals surface area contributed by atoms with Crippen LogP contribution in [0.1, 0.15) is 22.5 Å². The molecule has 7 heteroatoms. The van der Waals surface area contributed by atoms with Crippen LogP contribution < -0.4 is 0 Å². The van der Waals surface area contributed by atoms with E-state index in [2.05, 4.69) is 25.7 Å². The van der Waals surface area contributed by atoms with Crippen LogP contribution in [-0.4, -0.2) is 18.1 Å². The van der Waals surface area contributed by atoms with Crippen LogP contribution in [0.5, 0.6) is 0 Å². The van der Waals surface area contributed by atoms with E-state index in [0.29, 0.717) is 0 Å². The van der Waals surface area contributed by atoms with Gasteiger partial charge in [0.2, 0.25) is 0 Å². The first-order chi connectivity index (χ1) is 6.99. The third-order valence-electron chi connectivity index (χ3n) is 1.60. The molecule has 1 aromatic heterocycles. The highest BCUT2D eigenvalue weighted by atomic mass is 79.9. The molecule has 0 atom stereocenters. The molecule has 1 heterocycles. The van der Waals surface area contributed by atoms with E-state index in [-0.39, 0.29) is 15.2 Å². The topological polar surface area (TPSA) is 39.2 Å². The van der Waals surface area contributed by atoms with Gasteiger partial charge < -0.3 is 4.74 Å². The van der Waals surface area contributed by atoms with Gasteiger partial charge in [0.25, 0.3) is 6.43 Å². The second-order valence-electron chi connectivity index (χ2n) is 2.48. The maximum Gasteiger partial charge on any atom is 0.357 e. The number of ether oxygens (including phenoxy) is 1. The summed E-state index contributed by atoms with van der Waals surface area (Å²) in [6.07, 6.45) is -1.89. The first-order valence-corrected chi connectivity index (χ1v) is 4.86. The normalized spacial score (nSPS) is 10.5. The SMILES string of the molecule is COC(=O)c1ncc(C(F)F)c(Cl)c1Br. The molecule has 0 saturated carbocycles. The molecule has 0 aliphatic rings. The monoisotopic (exact) mass is 299 g/mol. The average Bonchev–Trinajstić information content (AvgIpc) is 2.20. The molecule has 0 saturated heterocycles. The van der Waals surface area contributed by atoms with Crippen molar-refractivity contribution >= 4 is 33.5 Å². The third-order valence-corrected chi connectivity index (χ3v) is 3.01. The van der Waals surface area contributed by atoms with Crippen LogP contribution in [0.4, 0.5) is 8.78 Å². The molecule has 0 amide bonds. The van der Waals surface area contributed by atoms with Crippen molar-refractivity contribution < 1.29 is 18.3 Å². The first-order valence-electron chi connectivity index (χ1n) is 3.69. The quantitative estimate of drug-likeness (QED) is 0.787. The van der Waals surface area contributed by atoms with Crippen LogP contribution in [0, 0.1) is 0 Å². The van der Waals surface area contributed by atoms with Crippen molar-refractivity contribution in [2.45, 2.75) is 6.43 Å². The number of rotatable bonds is 2. The van der Waals surface area contributed by atoms with Crippen LogP contribution in [-0.2, 0) is 4.74 Å². The van der Waals surface area contributed by atoms with Crippen LogP contribution >= 0.6 is 27.5 Å². The Bertz CT molecular complexity index is 400. The standard InChI is InChI=1S/C8H5BrClF2NO2/c1-15-8(14)6-4(9)5(10)3(2-13-6)7(11)12/h2,7H,1H3. The summed E-state index contributed by atoms with van der Waals surface area (Å²) in [5, 5.41) is -0.236. The largest absolute Gasteiger partial charge is 0.464 e. The third kappa shape index (κ3) is 2.43. The maximum atomic E-state index is 12.4. The number of carbonyl (C=O) groups excluding carboxylic acids is 1. The minimum atomic E-state index is -2.74. The van der Waals surface area contributed by atoms with Gasteiger partial charge in [0.15, 0.2) is 5.69 Å². The van der Waals surface area contributed by atoms with Gasteiger partial charge in [-0.3, -0.25) is 0 Å². The zero-order chi connectivity index (χ0) is 11.6. The van der Waals surface area contributed by atoms with Crippen molar-refractivity contribution in [2.75, 3.05) is 7.11 Å². The molecule has 15 heavy (non-hydrogen) atoms. The number of esters is 1. The van der Waals surface area contributed by atoms with Crippen molar-refractivity contribution in [3.05, 3.63) is 26.9 Å². The molecular formula is C8H5BrClF2NO2. The van der Waals surface area contributed by atoms with E-state index in [1.54, 1.807) is 0 Å². The van der Waals surface area contributed by atoms with E-state index in [4.69, 9.17) is 11.6 Å². The summed E-state index contributed by atoms with van der Waals surface area (Å²) in [6, 6.07) is 0. The molecule has 0 fully saturated rings. The number of halogens is 4. The van der Waals surface area contributed by atoms with Gasteiger partial charge in [-0.05, 0) is 15.9 Å². The fourth-order valence-corrected chi connectivity index (χ4v) is 1.58. The Morgan fingerprint density at radius 2 is 2.27 bits per heavy atom. The van der Waals surface area contributed by atoms with Crippen LogP contribution in [0.15, 0.2) is 10.7 Å². The number of hydrogen-bond donors (Lipinski definition) is 0. The Hall–Kier alpha value is -0.750. The lowest BCUT2D eigenvalue weighted by Crippen LogP contribution is -2.06. The molecule has 1 aromatic rings. The van der Waals surface area contributed by atoms with Gasteiger partial charge in [-0.2, -0.15) is 0 Å². The predicted molar refractivity (Wildman–Crippen MR) is 53.2 cm³/mol. The summed E-state index contributed by atoms with van der Waals surface area (Å²) in [5.41, 5.74) is -0.567. The number of alkyl halides is 2. The average molecular weight is 300 g/mol.